The number of imide groups is 1. The highest BCUT2D eigenvalue weighted by molar-refractivity contribution is 6.23. The minimum atomic E-state index is -0.703. The van der Waals surface area contributed by atoms with Crippen molar-refractivity contribution in [3.63, 3.8) is 0 Å². The van der Waals surface area contributed by atoms with Crippen molar-refractivity contribution in [3.05, 3.63) is 64.2 Å². The Labute approximate surface area is 138 Å². The Morgan fingerprint density at radius 2 is 1.92 bits per heavy atom. The Bertz CT molecular complexity index is 1100. The molecule has 10 heteroatoms. The summed E-state index contributed by atoms with van der Waals surface area (Å²) in [5, 5.41) is 5.90. The fraction of sp³-hybridized carbons (Fsp3) is 0. The van der Waals surface area contributed by atoms with Gasteiger partial charge in [-0.15, -0.1) is 0 Å². The van der Waals surface area contributed by atoms with E-state index < -0.39 is 23.2 Å². The van der Waals surface area contributed by atoms with Gasteiger partial charge in [0.1, 0.15) is 24.2 Å². The van der Waals surface area contributed by atoms with Crippen LogP contribution in [0.1, 0.15) is 20.7 Å². The summed E-state index contributed by atoms with van der Waals surface area (Å²) in [4.78, 5) is 39.6. The van der Waals surface area contributed by atoms with Crippen molar-refractivity contribution in [2.75, 3.05) is 5.73 Å². The average Bonchev–Trinajstić information content (AvgIpc) is 3.16. The summed E-state index contributed by atoms with van der Waals surface area (Å²) in [6, 6.07) is 4.91. The van der Waals surface area contributed by atoms with Gasteiger partial charge in [0.25, 0.3) is 17.4 Å². The third kappa shape index (κ3) is 2.11. The first-order chi connectivity index (χ1) is 12.0. The van der Waals surface area contributed by atoms with Gasteiger partial charge in [0.2, 0.25) is 0 Å². The van der Waals surface area contributed by atoms with Crippen LogP contribution in [0.25, 0.3) is 11.4 Å². The number of amides is 2. The lowest BCUT2D eigenvalue weighted by Gasteiger charge is -2.13. The molecule has 0 bridgehead atoms. The summed E-state index contributed by atoms with van der Waals surface area (Å²) in [5.41, 5.74) is 5.28. The molecule has 2 aromatic heterocycles. The Morgan fingerprint density at radius 1 is 1.12 bits per heavy atom. The molecule has 0 aliphatic carbocycles. The number of benzene rings is 1. The molecule has 124 valence electrons. The van der Waals surface area contributed by atoms with Crippen molar-refractivity contribution in [1.29, 1.82) is 0 Å². The number of pyridine rings is 1. The summed E-state index contributed by atoms with van der Waals surface area (Å²) in [6.45, 7) is 0. The number of hydrogen-bond donors (Lipinski definition) is 2. The van der Waals surface area contributed by atoms with Crippen LogP contribution in [-0.4, -0.2) is 31.1 Å². The number of rotatable bonds is 2. The lowest BCUT2D eigenvalue weighted by molar-refractivity contribution is 0.0880. The molecule has 0 radical (unpaired) electrons. The van der Waals surface area contributed by atoms with Crippen molar-refractivity contribution in [3.8, 4) is 11.4 Å². The Kier molecular flexibility index (Phi) is 3.01. The minimum Gasteiger partial charge on any atom is -0.384 e. The summed E-state index contributed by atoms with van der Waals surface area (Å²) in [7, 11) is 0. The molecular formula is C15H9FN6O3. The third-order valence-corrected chi connectivity index (χ3v) is 3.81. The Balaban J connectivity index is 1.91. The van der Waals surface area contributed by atoms with E-state index in [4.69, 9.17) is 5.73 Å². The summed E-state index contributed by atoms with van der Waals surface area (Å²) in [5.74, 6) is -2.30. The molecule has 2 amide bonds. The SMILES string of the molecule is Nc1c2c(cc(=O)n1-c1ccc(-n3cncn3)c(F)c1)C(=O)NC2=O. The number of carbonyl (C=O) groups excluding carboxylic acids is 2. The van der Waals surface area contributed by atoms with Crippen LogP contribution < -0.4 is 16.6 Å². The highest BCUT2D eigenvalue weighted by Crippen LogP contribution is 2.24. The van der Waals surface area contributed by atoms with Gasteiger partial charge in [-0.05, 0) is 12.1 Å². The van der Waals surface area contributed by atoms with Crippen LogP contribution in [0.15, 0.2) is 41.7 Å². The molecule has 4 rings (SSSR count). The number of anilines is 1. The molecule has 0 atom stereocenters. The first-order valence-corrected chi connectivity index (χ1v) is 7.03. The standard InChI is InChI=1S/C15H9FN6O3/c16-9-3-7(1-2-10(9)21-6-18-5-19-21)22-11(23)4-8-12(13(22)17)15(25)20-14(8)24/h1-6H,17H2,(H,20,24,25). The molecule has 0 spiro atoms. The second-order valence-electron chi connectivity index (χ2n) is 5.25. The van der Waals surface area contributed by atoms with Crippen molar-refractivity contribution in [1.82, 2.24) is 24.6 Å². The predicted molar refractivity (Wildman–Crippen MR) is 83.1 cm³/mol. The second-order valence-corrected chi connectivity index (χ2v) is 5.25. The first-order valence-electron chi connectivity index (χ1n) is 7.03. The van der Waals surface area contributed by atoms with Crippen LogP contribution >= 0.6 is 0 Å². The maximum absolute atomic E-state index is 14.4. The quantitative estimate of drug-likeness (QED) is 0.634. The molecule has 1 aliphatic rings. The molecule has 1 aliphatic heterocycles. The molecule has 0 saturated heterocycles. The summed E-state index contributed by atoms with van der Waals surface area (Å²) in [6.07, 6.45) is 2.58. The van der Waals surface area contributed by atoms with Gasteiger partial charge in [-0.3, -0.25) is 24.3 Å². The van der Waals surface area contributed by atoms with Crippen molar-refractivity contribution in [2.45, 2.75) is 0 Å². The van der Waals surface area contributed by atoms with E-state index in [1.807, 2.05) is 0 Å². The zero-order valence-corrected chi connectivity index (χ0v) is 12.4. The summed E-state index contributed by atoms with van der Waals surface area (Å²) < 4.78 is 16.6. The van der Waals surface area contributed by atoms with Crippen LogP contribution in [0.3, 0.4) is 0 Å². The fourth-order valence-corrected chi connectivity index (χ4v) is 2.70. The molecule has 3 N–H and O–H groups in total. The van der Waals surface area contributed by atoms with Gasteiger partial charge < -0.3 is 5.73 Å². The monoisotopic (exact) mass is 340 g/mol. The number of nitrogen functional groups attached to an aromatic ring is 1. The van der Waals surface area contributed by atoms with Crippen LogP contribution in [0.4, 0.5) is 10.2 Å². The molecule has 0 unspecified atom stereocenters. The number of nitrogens with zero attached hydrogens (tertiary/aromatic N) is 4. The normalized spacial score (nSPS) is 13.0. The molecular weight excluding hydrogens is 331 g/mol. The first kappa shape index (κ1) is 14.8. The third-order valence-electron chi connectivity index (χ3n) is 3.81. The van der Waals surface area contributed by atoms with Crippen LogP contribution in [-0.2, 0) is 0 Å². The number of aromatic nitrogens is 4. The highest BCUT2D eigenvalue weighted by Gasteiger charge is 2.31. The molecule has 0 saturated carbocycles. The van der Waals surface area contributed by atoms with E-state index in [2.05, 4.69) is 15.4 Å². The maximum Gasteiger partial charge on any atom is 0.262 e. The van der Waals surface area contributed by atoms with Gasteiger partial charge in [-0.2, -0.15) is 5.10 Å². The van der Waals surface area contributed by atoms with E-state index in [0.29, 0.717) is 0 Å². The highest BCUT2D eigenvalue weighted by atomic mass is 19.1. The van der Waals surface area contributed by atoms with Crippen molar-refractivity contribution in [2.24, 2.45) is 0 Å². The average molecular weight is 340 g/mol. The number of nitrogens with one attached hydrogen (secondary N) is 1. The lowest BCUT2D eigenvalue weighted by atomic mass is 10.1. The number of hydrogen-bond acceptors (Lipinski definition) is 6. The Hall–Kier alpha value is -3.82. The fourth-order valence-electron chi connectivity index (χ4n) is 2.70. The zero-order chi connectivity index (χ0) is 17.7. The molecule has 3 heterocycles. The van der Waals surface area contributed by atoms with Crippen LogP contribution in [0, 0.1) is 5.82 Å². The van der Waals surface area contributed by atoms with Gasteiger partial charge >= 0.3 is 0 Å². The van der Waals surface area contributed by atoms with E-state index in [-0.39, 0.29) is 28.3 Å². The van der Waals surface area contributed by atoms with Gasteiger partial charge in [-0.25, -0.2) is 14.1 Å². The molecule has 3 aromatic rings. The smallest absolute Gasteiger partial charge is 0.262 e. The van der Waals surface area contributed by atoms with Crippen molar-refractivity contribution < 1.29 is 14.0 Å². The van der Waals surface area contributed by atoms with Crippen LogP contribution in [0.5, 0.6) is 0 Å². The second kappa shape index (κ2) is 5.09. The minimum absolute atomic E-state index is 0.0940. The number of halogens is 1. The van der Waals surface area contributed by atoms with Gasteiger partial charge in [0, 0.05) is 12.1 Å². The summed E-state index contributed by atoms with van der Waals surface area (Å²) >= 11 is 0. The van der Waals surface area contributed by atoms with E-state index in [1.165, 1.54) is 29.5 Å². The maximum atomic E-state index is 14.4. The van der Waals surface area contributed by atoms with E-state index in [1.54, 1.807) is 0 Å². The van der Waals surface area contributed by atoms with Gasteiger partial charge in [0.05, 0.1) is 16.8 Å². The molecule has 9 nitrogen and oxygen atoms in total. The van der Waals surface area contributed by atoms with Crippen molar-refractivity contribution >= 4 is 17.6 Å². The van der Waals surface area contributed by atoms with Gasteiger partial charge in [-0.1, -0.05) is 0 Å². The lowest BCUT2D eigenvalue weighted by Crippen LogP contribution is -2.24. The van der Waals surface area contributed by atoms with E-state index >= 15 is 0 Å². The zero-order valence-electron chi connectivity index (χ0n) is 12.4. The van der Waals surface area contributed by atoms with E-state index in [0.717, 1.165) is 16.7 Å². The largest absolute Gasteiger partial charge is 0.384 e. The number of carbonyl (C=O) groups is 2. The molecule has 0 fully saturated rings. The predicted octanol–water partition coefficient (Wildman–Crippen LogP) is 0.0231. The van der Waals surface area contributed by atoms with Crippen LogP contribution in [0.2, 0.25) is 0 Å². The molecule has 25 heavy (non-hydrogen) atoms. The Morgan fingerprint density at radius 3 is 2.60 bits per heavy atom. The number of fused-ring (bicyclic) bond motifs is 1. The topological polar surface area (TPSA) is 125 Å². The molecule has 1 aromatic carbocycles. The van der Waals surface area contributed by atoms with Gasteiger partial charge in [0.15, 0.2) is 5.82 Å². The van der Waals surface area contributed by atoms with E-state index in [9.17, 15) is 18.8 Å². The number of nitrogens with two attached hydrogens (primary N) is 1.